The summed E-state index contributed by atoms with van der Waals surface area (Å²) in [7, 11) is 0. The van der Waals surface area contributed by atoms with Gasteiger partial charge in [0, 0.05) is 5.39 Å². The first-order valence-corrected chi connectivity index (χ1v) is 10.2. The Morgan fingerprint density at radius 1 is 0.828 bits per heavy atom. The van der Waals surface area contributed by atoms with Crippen LogP contribution in [0.5, 0.6) is 0 Å². The Balaban J connectivity index is 1.88. The third-order valence-electron chi connectivity index (χ3n) is 5.58. The highest BCUT2D eigenvalue weighted by atomic mass is 15.1. The molecule has 29 heavy (non-hydrogen) atoms. The fourth-order valence-electron chi connectivity index (χ4n) is 4.07. The van der Waals surface area contributed by atoms with Crippen molar-refractivity contribution in [2.75, 3.05) is 0 Å². The molecule has 2 aromatic heterocycles. The van der Waals surface area contributed by atoms with E-state index in [0.717, 1.165) is 46.2 Å². The van der Waals surface area contributed by atoms with Crippen molar-refractivity contribution in [3.8, 4) is 0 Å². The summed E-state index contributed by atoms with van der Waals surface area (Å²) in [4.78, 5) is 10.1. The third-order valence-corrected chi connectivity index (χ3v) is 5.58. The molecular weight excluding hydrogens is 354 g/mol. The second-order valence-corrected chi connectivity index (χ2v) is 7.29. The van der Waals surface area contributed by atoms with Crippen LogP contribution in [0.25, 0.3) is 39.2 Å². The average molecular weight is 377 g/mol. The summed E-state index contributed by atoms with van der Waals surface area (Å²) in [5.74, 6) is 0.973. The minimum absolute atomic E-state index is 0.894. The standard InChI is InChI=1S/C26H23N3/c1-3-18-11-5-6-12-20(18)17-19(4-2)25-27-22-14-8-7-13-21(22)26-28-23-15-9-10-16-24(23)29(25)26/h5-17H,3-4H2,1-2H3/b19-17+. The molecule has 142 valence electrons. The van der Waals surface area contributed by atoms with Gasteiger partial charge in [-0.3, -0.25) is 4.40 Å². The van der Waals surface area contributed by atoms with Crippen LogP contribution in [0, 0.1) is 0 Å². The number of aryl methyl sites for hydroxylation is 1. The topological polar surface area (TPSA) is 30.2 Å². The lowest BCUT2D eigenvalue weighted by molar-refractivity contribution is 1.07. The highest BCUT2D eigenvalue weighted by Crippen LogP contribution is 2.30. The molecule has 2 heterocycles. The minimum atomic E-state index is 0.894. The van der Waals surface area contributed by atoms with Crippen molar-refractivity contribution in [1.82, 2.24) is 14.4 Å². The van der Waals surface area contributed by atoms with Gasteiger partial charge in [-0.1, -0.05) is 62.4 Å². The maximum Gasteiger partial charge on any atom is 0.149 e. The van der Waals surface area contributed by atoms with Crippen LogP contribution in [0.3, 0.4) is 0 Å². The van der Waals surface area contributed by atoms with Crippen molar-refractivity contribution in [3.05, 3.63) is 89.7 Å². The van der Waals surface area contributed by atoms with Crippen LogP contribution < -0.4 is 0 Å². The normalized spacial score (nSPS) is 12.3. The molecule has 0 spiro atoms. The fourth-order valence-corrected chi connectivity index (χ4v) is 4.07. The minimum Gasteiger partial charge on any atom is -0.276 e. The van der Waals surface area contributed by atoms with Gasteiger partial charge in [-0.2, -0.15) is 0 Å². The van der Waals surface area contributed by atoms with E-state index in [2.05, 4.69) is 85.0 Å². The van der Waals surface area contributed by atoms with Crippen molar-refractivity contribution >= 4 is 39.2 Å². The van der Waals surface area contributed by atoms with Gasteiger partial charge in [0.1, 0.15) is 11.5 Å². The van der Waals surface area contributed by atoms with Gasteiger partial charge in [0.25, 0.3) is 0 Å². The molecule has 3 heteroatoms. The lowest BCUT2D eigenvalue weighted by atomic mass is 10.0. The zero-order chi connectivity index (χ0) is 19.8. The molecule has 0 atom stereocenters. The summed E-state index contributed by atoms with van der Waals surface area (Å²) in [5, 5.41) is 1.08. The number of rotatable bonds is 4. The van der Waals surface area contributed by atoms with Gasteiger partial charge >= 0.3 is 0 Å². The zero-order valence-corrected chi connectivity index (χ0v) is 16.8. The van der Waals surface area contributed by atoms with E-state index in [9.17, 15) is 0 Å². The van der Waals surface area contributed by atoms with Crippen LogP contribution in [-0.2, 0) is 6.42 Å². The van der Waals surface area contributed by atoms with Gasteiger partial charge in [-0.05, 0) is 59.9 Å². The van der Waals surface area contributed by atoms with Crippen molar-refractivity contribution in [2.45, 2.75) is 26.7 Å². The van der Waals surface area contributed by atoms with Crippen LogP contribution in [0.15, 0.2) is 72.8 Å². The van der Waals surface area contributed by atoms with Gasteiger partial charge in [-0.25, -0.2) is 9.97 Å². The smallest absolute Gasteiger partial charge is 0.149 e. The van der Waals surface area contributed by atoms with E-state index in [-0.39, 0.29) is 0 Å². The number of hydrogen-bond acceptors (Lipinski definition) is 2. The largest absolute Gasteiger partial charge is 0.276 e. The molecule has 3 nitrogen and oxygen atoms in total. The van der Waals surface area contributed by atoms with Gasteiger partial charge in [0.05, 0.1) is 16.6 Å². The summed E-state index contributed by atoms with van der Waals surface area (Å²) in [6.45, 7) is 4.40. The van der Waals surface area contributed by atoms with Gasteiger partial charge in [0.15, 0.2) is 0 Å². The molecule has 0 unspecified atom stereocenters. The molecule has 0 saturated carbocycles. The van der Waals surface area contributed by atoms with Crippen LogP contribution >= 0.6 is 0 Å². The van der Waals surface area contributed by atoms with E-state index in [4.69, 9.17) is 9.97 Å². The van der Waals surface area contributed by atoms with E-state index < -0.39 is 0 Å². The molecule has 0 fully saturated rings. The van der Waals surface area contributed by atoms with Gasteiger partial charge in [0.2, 0.25) is 0 Å². The highest BCUT2D eigenvalue weighted by Gasteiger charge is 2.16. The molecule has 0 amide bonds. The monoisotopic (exact) mass is 377 g/mol. The van der Waals surface area contributed by atoms with E-state index in [1.165, 1.54) is 16.7 Å². The Morgan fingerprint density at radius 2 is 1.55 bits per heavy atom. The predicted octanol–water partition coefficient (Wildman–Crippen LogP) is 6.55. The number of hydrogen-bond donors (Lipinski definition) is 0. The van der Waals surface area contributed by atoms with E-state index in [0.29, 0.717) is 0 Å². The van der Waals surface area contributed by atoms with E-state index in [1.54, 1.807) is 0 Å². The van der Waals surface area contributed by atoms with Gasteiger partial charge in [-0.15, -0.1) is 0 Å². The van der Waals surface area contributed by atoms with Gasteiger partial charge < -0.3 is 0 Å². The maximum absolute atomic E-state index is 5.10. The molecule has 0 radical (unpaired) electrons. The summed E-state index contributed by atoms with van der Waals surface area (Å²) in [6.07, 6.45) is 4.20. The number of fused-ring (bicyclic) bond motifs is 5. The average Bonchev–Trinajstić information content (AvgIpc) is 3.17. The number of nitrogens with zero attached hydrogens (tertiary/aromatic N) is 3. The van der Waals surface area contributed by atoms with Crippen molar-refractivity contribution in [1.29, 1.82) is 0 Å². The third kappa shape index (κ3) is 2.90. The first-order valence-electron chi connectivity index (χ1n) is 10.2. The summed E-state index contributed by atoms with van der Waals surface area (Å²) in [6, 6.07) is 25.2. The predicted molar refractivity (Wildman–Crippen MR) is 122 cm³/mol. The first-order chi connectivity index (χ1) is 14.3. The number of para-hydroxylation sites is 3. The first kappa shape index (κ1) is 17.6. The summed E-state index contributed by atoms with van der Waals surface area (Å²) in [5.41, 5.74) is 7.87. The fraction of sp³-hybridized carbons (Fsp3) is 0.154. The molecule has 0 N–H and O–H groups in total. The Bertz CT molecular complexity index is 1380. The molecular formula is C26H23N3. The van der Waals surface area contributed by atoms with E-state index in [1.807, 2.05) is 12.1 Å². The Kier molecular flexibility index (Phi) is 4.36. The quantitative estimate of drug-likeness (QED) is 0.355. The SMILES string of the molecule is CC/C(=C\c1ccccc1CC)c1nc2ccccc2c2nc3ccccc3n12. The number of allylic oxidation sites excluding steroid dienone is 1. The molecule has 0 aliphatic carbocycles. The lowest BCUT2D eigenvalue weighted by Crippen LogP contribution is -2.02. The molecule has 0 saturated heterocycles. The molecule has 0 aliphatic heterocycles. The Hall–Kier alpha value is -3.46. The number of imidazole rings is 1. The number of benzene rings is 3. The molecule has 5 aromatic rings. The second kappa shape index (κ2) is 7.17. The molecule has 0 bridgehead atoms. The molecule has 3 aromatic carbocycles. The van der Waals surface area contributed by atoms with Crippen molar-refractivity contribution < 1.29 is 0 Å². The van der Waals surface area contributed by atoms with E-state index >= 15 is 0 Å². The second-order valence-electron chi connectivity index (χ2n) is 7.29. The highest BCUT2D eigenvalue weighted by molar-refractivity contribution is 5.98. The van der Waals surface area contributed by atoms with Crippen LogP contribution in [-0.4, -0.2) is 14.4 Å². The maximum atomic E-state index is 5.10. The van der Waals surface area contributed by atoms with Crippen LogP contribution in [0.1, 0.15) is 37.2 Å². The summed E-state index contributed by atoms with van der Waals surface area (Å²) >= 11 is 0. The summed E-state index contributed by atoms with van der Waals surface area (Å²) < 4.78 is 2.22. The zero-order valence-electron chi connectivity index (χ0n) is 16.8. The Morgan fingerprint density at radius 3 is 2.38 bits per heavy atom. The number of aromatic nitrogens is 3. The van der Waals surface area contributed by atoms with Crippen molar-refractivity contribution in [2.24, 2.45) is 0 Å². The molecule has 5 rings (SSSR count). The van der Waals surface area contributed by atoms with Crippen LogP contribution in [0.4, 0.5) is 0 Å². The molecule has 0 aliphatic rings. The lowest BCUT2D eigenvalue weighted by Gasteiger charge is -2.12. The van der Waals surface area contributed by atoms with Crippen molar-refractivity contribution in [3.63, 3.8) is 0 Å². The van der Waals surface area contributed by atoms with Crippen LogP contribution in [0.2, 0.25) is 0 Å². The Labute approximate surface area is 170 Å².